The van der Waals surface area contributed by atoms with E-state index in [0.717, 1.165) is 0 Å². The van der Waals surface area contributed by atoms with Gasteiger partial charge >= 0.3 is 0 Å². The van der Waals surface area contributed by atoms with Gasteiger partial charge in [0.25, 0.3) is 0 Å². The molecule has 0 unspecified atom stereocenters. The van der Waals surface area contributed by atoms with Crippen LogP contribution in [0.2, 0.25) is 0 Å². The Balaban J connectivity index is 3.17. The minimum absolute atomic E-state index is 0.0278. The maximum absolute atomic E-state index is 9.29. The first-order valence-corrected chi connectivity index (χ1v) is 4.09. The Hall–Kier alpha value is -1.75. The third kappa shape index (κ3) is 1.77. The van der Waals surface area contributed by atoms with Gasteiger partial charge in [-0.2, -0.15) is 5.10 Å². The summed E-state index contributed by atoms with van der Waals surface area (Å²) in [6, 6.07) is 1.61. The lowest BCUT2D eigenvalue weighted by atomic mass is 10.1. The van der Waals surface area contributed by atoms with Crippen LogP contribution in [-0.4, -0.2) is 20.1 Å². The maximum atomic E-state index is 9.29. The number of anilines is 1. The molecule has 14 heavy (non-hydrogen) atoms. The van der Waals surface area contributed by atoms with E-state index in [-0.39, 0.29) is 5.76 Å². The summed E-state index contributed by atoms with van der Waals surface area (Å²) in [6.07, 6.45) is 1.72. The minimum Gasteiger partial charge on any atom is -0.508 e. The van der Waals surface area contributed by atoms with Crippen LogP contribution in [0.25, 0.3) is 5.57 Å². The number of aliphatic hydroxyl groups is 1. The lowest BCUT2D eigenvalue weighted by Gasteiger charge is -2.04. The van der Waals surface area contributed by atoms with Gasteiger partial charge in [-0.25, -0.2) is 0 Å². The van der Waals surface area contributed by atoms with E-state index in [1.165, 1.54) is 4.68 Å². The van der Waals surface area contributed by atoms with Crippen LogP contribution in [0, 0.1) is 0 Å². The first-order valence-electron chi connectivity index (χ1n) is 4.09. The van der Waals surface area contributed by atoms with Gasteiger partial charge in [0.05, 0.1) is 5.69 Å². The summed E-state index contributed by atoms with van der Waals surface area (Å²) < 4.78 is 1.54. The van der Waals surface area contributed by atoms with E-state index in [9.17, 15) is 5.11 Å². The molecule has 5 nitrogen and oxygen atoms in total. The Kier molecular flexibility index (Phi) is 2.93. The molecule has 0 radical (unpaired) electrons. The largest absolute Gasteiger partial charge is 0.508 e. The molecule has 0 saturated heterocycles. The molecular formula is C9H13N3O2. The lowest BCUT2D eigenvalue weighted by molar-refractivity contribution is 0.385. The van der Waals surface area contributed by atoms with Crippen molar-refractivity contribution in [1.29, 1.82) is 0 Å². The van der Waals surface area contributed by atoms with E-state index in [4.69, 9.17) is 5.21 Å². The summed E-state index contributed by atoms with van der Waals surface area (Å²) in [5.41, 5.74) is 3.20. The van der Waals surface area contributed by atoms with Crippen molar-refractivity contribution < 1.29 is 10.3 Å². The Morgan fingerprint density at radius 3 is 2.71 bits per heavy atom. The van der Waals surface area contributed by atoms with Crippen LogP contribution in [0.4, 0.5) is 5.82 Å². The van der Waals surface area contributed by atoms with Crippen molar-refractivity contribution in [2.24, 2.45) is 7.05 Å². The molecule has 0 amide bonds. The predicted octanol–water partition coefficient (Wildman–Crippen LogP) is 1.70. The summed E-state index contributed by atoms with van der Waals surface area (Å²) in [5, 5.41) is 21.9. The smallest absolute Gasteiger partial charge is 0.172 e. The van der Waals surface area contributed by atoms with Crippen molar-refractivity contribution in [2.45, 2.75) is 6.92 Å². The molecule has 1 aromatic rings. The van der Waals surface area contributed by atoms with Crippen LogP contribution >= 0.6 is 0 Å². The molecule has 0 aliphatic carbocycles. The molecule has 1 heterocycles. The van der Waals surface area contributed by atoms with Crippen LogP contribution < -0.4 is 5.48 Å². The van der Waals surface area contributed by atoms with Crippen LogP contribution in [0.1, 0.15) is 12.6 Å². The second-order valence-corrected chi connectivity index (χ2v) is 2.80. The number of nitrogens with one attached hydrogen (secondary N) is 1. The monoisotopic (exact) mass is 195 g/mol. The molecular weight excluding hydrogens is 182 g/mol. The fourth-order valence-electron chi connectivity index (χ4n) is 1.24. The Bertz CT molecular complexity index is 379. The van der Waals surface area contributed by atoms with Crippen molar-refractivity contribution >= 4 is 11.4 Å². The highest BCUT2D eigenvalue weighted by Gasteiger charge is 2.10. The van der Waals surface area contributed by atoms with Gasteiger partial charge in [0.2, 0.25) is 0 Å². The zero-order chi connectivity index (χ0) is 10.7. The number of allylic oxidation sites excluding steroid dienone is 2. The molecule has 1 rings (SSSR count). The van der Waals surface area contributed by atoms with Crippen molar-refractivity contribution in [1.82, 2.24) is 9.78 Å². The van der Waals surface area contributed by atoms with Gasteiger partial charge in [0.1, 0.15) is 5.76 Å². The number of hydrogen-bond acceptors (Lipinski definition) is 4. The number of rotatable bonds is 3. The standard InChI is InChI=1S/C9H13N3O2/c1-4-7(6(2)13)8-5-9(11-14)10-12(8)3/h4-5,13-14H,2H2,1,3H3,(H,10,11)/b7-4+. The number of aryl methyl sites for hydroxylation is 1. The van der Waals surface area contributed by atoms with Crippen molar-refractivity contribution in [3.63, 3.8) is 0 Å². The number of hydrogen-bond donors (Lipinski definition) is 3. The Morgan fingerprint density at radius 2 is 2.36 bits per heavy atom. The van der Waals surface area contributed by atoms with Gasteiger partial charge in [-0.1, -0.05) is 12.7 Å². The van der Waals surface area contributed by atoms with Gasteiger partial charge in [0, 0.05) is 18.7 Å². The van der Waals surface area contributed by atoms with E-state index in [0.29, 0.717) is 17.1 Å². The Morgan fingerprint density at radius 1 is 1.71 bits per heavy atom. The highest BCUT2D eigenvalue weighted by Crippen LogP contribution is 2.21. The molecule has 0 atom stereocenters. The van der Waals surface area contributed by atoms with Crippen molar-refractivity contribution in [2.75, 3.05) is 5.48 Å². The first-order chi connectivity index (χ1) is 6.60. The zero-order valence-electron chi connectivity index (χ0n) is 8.15. The molecule has 0 fully saturated rings. The average molecular weight is 195 g/mol. The van der Waals surface area contributed by atoms with Gasteiger partial charge in [-0.05, 0) is 6.92 Å². The number of nitrogens with zero attached hydrogens (tertiary/aromatic N) is 2. The van der Waals surface area contributed by atoms with Crippen LogP contribution in [-0.2, 0) is 7.05 Å². The SMILES string of the molecule is C=C(O)/C(=C\C)c1cc(NO)nn1C. The van der Waals surface area contributed by atoms with Gasteiger partial charge in [0.15, 0.2) is 5.82 Å². The summed E-state index contributed by atoms with van der Waals surface area (Å²) >= 11 is 0. The highest BCUT2D eigenvalue weighted by atomic mass is 16.5. The van der Waals surface area contributed by atoms with E-state index in [1.807, 2.05) is 5.48 Å². The van der Waals surface area contributed by atoms with E-state index < -0.39 is 0 Å². The van der Waals surface area contributed by atoms with Crippen molar-refractivity contribution in [3.8, 4) is 0 Å². The lowest BCUT2D eigenvalue weighted by Crippen LogP contribution is -1.99. The molecule has 0 bridgehead atoms. The topological polar surface area (TPSA) is 70.3 Å². The van der Waals surface area contributed by atoms with Gasteiger partial charge in [-0.15, -0.1) is 0 Å². The summed E-state index contributed by atoms with van der Waals surface area (Å²) in [6.45, 7) is 5.23. The normalized spacial score (nSPS) is 11.5. The highest BCUT2D eigenvalue weighted by molar-refractivity contribution is 5.75. The van der Waals surface area contributed by atoms with E-state index in [2.05, 4.69) is 11.7 Å². The van der Waals surface area contributed by atoms with Crippen LogP contribution in [0.15, 0.2) is 24.5 Å². The molecule has 0 aliphatic heterocycles. The predicted molar refractivity (Wildman–Crippen MR) is 54.0 cm³/mol. The number of aliphatic hydroxyl groups excluding tert-OH is 1. The fourth-order valence-corrected chi connectivity index (χ4v) is 1.24. The molecule has 0 saturated carbocycles. The van der Waals surface area contributed by atoms with E-state index >= 15 is 0 Å². The maximum Gasteiger partial charge on any atom is 0.172 e. The minimum atomic E-state index is -0.0278. The quantitative estimate of drug-likeness (QED) is 0.390. The van der Waals surface area contributed by atoms with E-state index in [1.54, 1.807) is 26.1 Å². The molecule has 0 spiro atoms. The number of aromatic nitrogens is 2. The molecule has 5 heteroatoms. The average Bonchev–Trinajstić information content (AvgIpc) is 2.48. The van der Waals surface area contributed by atoms with Crippen LogP contribution in [0.5, 0.6) is 0 Å². The molecule has 0 aliphatic rings. The summed E-state index contributed by atoms with van der Waals surface area (Å²) in [4.78, 5) is 0. The molecule has 3 N–H and O–H groups in total. The first kappa shape index (κ1) is 10.3. The van der Waals surface area contributed by atoms with Crippen LogP contribution in [0.3, 0.4) is 0 Å². The van der Waals surface area contributed by atoms with Crippen molar-refractivity contribution in [3.05, 3.63) is 30.2 Å². The third-order valence-corrected chi connectivity index (χ3v) is 1.87. The van der Waals surface area contributed by atoms with Gasteiger partial charge < -0.3 is 5.11 Å². The van der Waals surface area contributed by atoms with Gasteiger partial charge in [-0.3, -0.25) is 15.4 Å². The third-order valence-electron chi connectivity index (χ3n) is 1.87. The second kappa shape index (κ2) is 3.97. The summed E-state index contributed by atoms with van der Waals surface area (Å²) in [7, 11) is 1.71. The Labute approximate surface area is 81.9 Å². The molecule has 1 aromatic heterocycles. The summed E-state index contributed by atoms with van der Waals surface area (Å²) in [5.74, 6) is 0.295. The molecule has 0 aromatic carbocycles. The zero-order valence-corrected chi connectivity index (χ0v) is 8.15. The molecule has 76 valence electrons. The second-order valence-electron chi connectivity index (χ2n) is 2.80. The fraction of sp³-hybridized carbons (Fsp3) is 0.222.